The highest BCUT2D eigenvalue weighted by Gasteiger charge is 2.27. The molecule has 7 heteroatoms. The maximum Gasteiger partial charge on any atom is 0.228 e. The van der Waals surface area contributed by atoms with Gasteiger partial charge >= 0.3 is 0 Å². The molecule has 0 spiro atoms. The Morgan fingerprint density at radius 3 is 2.61 bits per heavy atom. The van der Waals surface area contributed by atoms with Gasteiger partial charge < -0.3 is 0 Å². The molecule has 0 unspecified atom stereocenters. The third-order valence-electron chi connectivity index (χ3n) is 5.47. The number of carbonyl (C=O) groups excluding carboxylic acids is 2. The van der Waals surface area contributed by atoms with Gasteiger partial charge in [0.15, 0.2) is 0 Å². The van der Waals surface area contributed by atoms with Crippen LogP contribution in [-0.4, -0.2) is 38.0 Å². The van der Waals surface area contributed by atoms with Crippen LogP contribution < -0.4 is 4.90 Å². The van der Waals surface area contributed by atoms with Crippen molar-refractivity contribution >= 4 is 17.5 Å². The Morgan fingerprint density at radius 2 is 1.87 bits per heavy atom. The number of ketones is 1. The third-order valence-corrected chi connectivity index (χ3v) is 5.47. The van der Waals surface area contributed by atoms with E-state index in [1.165, 1.54) is 0 Å². The maximum absolute atomic E-state index is 12.8. The minimum Gasteiger partial charge on any atom is -0.299 e. The summed E-state index contributed by atoms with van der Waals surface area (Å²) >= 11 is 0. The van der Waals surface area contributed by atoms with E-state index in [9.17, 15) is 9.59 Å². The van der Waals surface area contributed by atoms with Crippen LogP contribution in [0.15, 0.2) is 42.9 Å². The van der Waals surface area contributed by atoms with Crippen LogP contribution in [0.4, 0.5) is 5.82 Å². The smallest absolute Gasteiger partial charge is 0.228 e. The molecule has 4 rings (SSSR count). The molecule has 0 saturated carbocycles. The van der Waals surface area contributed by atoms with Crippen LogP contribution in [0.3, 0.4) is 0 Å². The van der Waals surface area contributed by atoms with Crippen LogP contribution in [0.25, 0.3) is 11.1 Å². The van der Waals surface area contributed by atoms with Gasteiger partial charge in [0.05, 0.1) is 5.69 Å². The molecule has 0 bridgehead atoms. The van der Waals surface area contributed by atoms with Gasteiger partial charge in [0.2, 0.25) is 5.91 Å². The van der Waals surface area contributed by atoms with Gasteiger partial charge in [-0.05, 0) is 37.5 Å². The normalized spacial score (nSPS) is 15.6. The highest BCUT2D eigenvalue weighted by molar-refractivity contribution is 5.95. The molecular weight excluding hydrogens is 390 g/mol. The van der Waals surface area contributed by atoms with Crippen molar-refractivity contribution in [3.05, 3.63) is 59.8 Å². The van der Waals surface area contributed by atoms with Crippen molar-refractivity contribution in [3.8, 4) is 11.1 Å². The lowest BCUT2D eigenvalue weighted by atomic mass is 10.1. The van der Waals surface area contributed by atoms with E-state index in [1.54, 1.807) is 17.3 Å². The Labute approximate surface area is 182 Å². The Kier molecular flexibility index (Phi) is 5.93. The number of Topliss-reactive ketones (excluding diaryl/α,β-unsaturated/α-hetero) is 1. The standard InChI is InChI=1S/C24H27N5O2/c1-16-8-20(12-25-11-16)19-4-5-21(26-13-19)10-22(30)6-7-24(31)28-14-17(2)15-29-23(28)9-18(3)27-29/h4-5,8-9,11-13,17H,6-7,10,14-15H2,1-3H3/t17-/m1/s1. The summed E-state index contributed by atoms with van der Waals surface area (Å²) in [5.74, 6) is 1.14. The first-order valence-electron chi connectivity index (χ1n) is 10.6. The number of rotatable bonds is 6. The van der Waals surface area contributed by atoms with Gasteiger partial charge in [0.1, 0.15) is 11.6 Å². The predicted octanol–water partition coefficient (Wildman–Crippen LogP) is 3.53. The minimum atomic E-state index is -0.0312. The number of nitrogens with zero attached hydrogens (tertiary/aromatic N) is 5. The molecule has 31 heavy (non-hydrogen) atoms. The molecule has 3 aromatic rings. The molecule has 4 heterocycles. The SMILES string of the molecule is Cc1cncc(-c2ccc(CC(=O)CCC(=O)N3C[C@@H](C)Cn4nc(C)cc43)nc2)c1. The molecule has 0 fully saturated rings. The van der Waals surface area contributed by atoms with E-state index in [4.69, 9.17) is 0 Å². The first-order chi connectivity index (χ1) is 14.9. The van der Waals surface area contributed by atoms with Crippen LogP contribution in [-0.2, 0) is 22.6 Å². The molecule has 0 aromatic carbocycles. The Morgan fingerprint density at radius 1 is 1.03 bits per heavy atom. The van der Waals surface area contributed by atoms with E-state index in [0.29, 0.717) is 18.2 Å². The number of carbonyl (C=O) groups is 2. The lowest BCUT2D eigenvalue weighted by Gasteiger charge is -2.31. The highest BCUT2D eigenvalue weighted by Crippen LogP contribution is 2.25. The number of anilines is 1. The maximum atomic E-state index is 12.8. The second-order valence-electron chi connectivity index (χ2n) is 8.44. The summed E-state index contributed by atoms with van der Waals surface area (Å²) in [6.07, 6.45) is 6.01. The Hall–Kier alpha value is -3.35. The van der Waals surface area contributed by atoms with Crippen molar-refractivity contribution in [3.63, 3.8) is 0 Å². The van der Waals surface area contributed by atoms with Crippen LogP contribution in [0.2, 0.25) is 0 Å². The number of aromatic nitrogens is 4. The van der Waals surface area contributed by atoms with Gasteiger partial charge in [0, 0.05) is 73.8 Å². The zero-order valence-electron chi connectivity index (χ0n) is 18.2. The quantitative estimate of drug-likeness (QED) is 0.613. The van der Waals surface area contributed by atoms with E-state index >= 15 is 0 Å². The van der Waals surface area contributed by atoms with Crippen molar-refractivity contribution in [2.75, 3.05) is 11.4 Å². The first kappa shape index (κ1) is 20.9. The monoisotopic (exact) mass is 417 g/mol. The first-order valence-corrected chi connectivity index (χ1v) is 10.6. The average Bonchev–Trinajstić information content (AvgIpc) is 3.11. The second kappa shape index (κ2) is 8.79. The minimum absolute atomic E-state index is 0.0144. The molecule has 0 N–H and O–H groups in total. The molecular formula is C24H27N5O2. The number of hydrogen-bond donors (Lipinski definition) is 0. The van der Waals surface area contributed by atoms with Gasteiger partial charge in [-0.25, -0.2) is 4.68 Å². The van der Waals surface area contributed by atoms with E-state index in [2.05, 4.69) is 28.1 Å². The summed E-state index contributed by atoms with van der Waals surface area (Å²) in [5.41, 5.74) is 4.66. The lowest BCUT2D eigenvalue weighted by molar-refractivity contribution is -0.123. The van der Waals surface area contributed by atoms with Crippen molar-refractivity contribution in [2.45, 2.75) is 46.6 Å². The number of amides is 1. The van der Waals surface area contributed by atoms with Crippen LogP contribution in [0.5, 0.6) is 0 Å². The van der Waals surface area contributed by atoms with Gasteiger partial charge in [-0.15, -0.1) is 0 Å². The predicted molar refractivity (Wildman–Crippen MR) is 119 cm³/mol. The van der Waals surface area contributed by atoms with Crippen LogP contribution >= 0.6 is 0 Å². The fraction of sp³-hybridized carbons (Fsp3) is 0.375. The topological polar surface area (TPSA) is 81.0 Å². The van der Waals surface area contributed by atoms with Crippen molar-refractivity contribution in [1.29, 1.82) is 0 Å². The summed E-state index contributed by atoms with van der Waals surface area (Å²) in [4.78, 5) is 35.7. The average molecular weight is 418 g/mol. The van der Waals surface area contributed by atoms with Gasteiger partial charge in [-0.1, -0.05) is 13.0 Å². The van der Waals surface area contributed by atoms with Gasteiger partial charge in [-0.2, -0.15) is 5.10 Å². The van der Waals surface area contributed by atoms with Crippen LogP contribution in [0, 0.1) is 19.8 Å². The van der Waals surface area contributed by atoms with E-state index in [1.807, 2.05) is 42.9 Å². The molecule has 3 aromatic heterocycles. The fourth-order valence-electron chi connectivity index (χ4n) is 3.96. The van der Waals surface area contributed by atoms with Crippen LogP contribution in [0.1, 0.15) is 36.7 Å². The number of fused-ring (bicyclic) bond motifs is 1. The number of pyridine rings is 2. The fourth-order valence-corrected chi connectivity index (χ4v) is 3.96. The summed E-state index contributed by atoms with van der Waals surface area (Å²) in [6, 6.07) is 7.80. The molecule has 0 radical (unpaired) electrons. The van der Waals surface area contributed by atoms with E-state index in [-0.39, 0.29) is 31.0 Å². The lowest BCUT2D eigenvalue weighted by Crippen LogP contribution is -2.41. The van der Waals surface area contributed by atoms with Crippen molar-refractivity contribution in [2.24, 2.45) is 5.92 Å². The highest BCUT2D eigenvalue weighted by atomic mass is 16.2. The molecule has 160 valence electrons. The number of aryl methyl sites for hydroxylation is 2. The summed E-state index contributed by atoms with van der Waals surface area (Å²) < 4.78 is 1.89. The summed E-state index contributed by atoms with van der Waals surface area (Å²) in [7, 11) is 0. The van der Waals surface area contributed by atoms with E-state index < -0.39 is 0 Å². The molecule has 0 saturated heterocycles. The zero-order chi connectivity index (χ0) is 22.0. The van der Waals surface area contributed by atoms with Gasteiger partial charge in [-0.3, -0.25) is 24.5 Å². The van der Waals surface area contributed by atoms with Gasteiger partial charge in [0.25, 0.3) is 0 Å². The molecule has 1 aliphatic rings. The Balaban J connectivity index is 1.34. The molecule has 1 aliphatic heterocycles. The van der Waals surface area contributed by atoms with E-state index in [0.717, 1.165) is 34.7 Å². The van der Waals surface area contributed by atoms with Crippen molar-refractivity contribution in [1.82, 2.24) is 19.7 Å². The zero-order valence-corrected chi connectivity index (χ0v) is 18.2. The summed E-state index contributed by atoms with van der Waals surface area (Å²) in [5, 5.41) is 4.46. The molecule has 7 nitrogen and oxygen atoms in total. The third kappa shape index (κ3) is 4.87. The second-order valence-corrected chi connectivity index (χ2v) is 8.44. The summed E-state index contributed by atoms with van der Waals surface area (Å²) in [6.45, 7) is 7.50. The number of hydrogen-bond acceptors (Lipinski definition) is 5. The largest absolute Gasteiger partial charge is 0.299 e. The Bertz CT molecular complexity index is 1100. The molecule has 1 amide bonds. The molecule has 0 aliphatic carbocycles. The molecule has 1 atom stereocenters. The van der Waals surface area contributed by atoms with Crippen molar-refractivity contribution < 1.29 is 9.59 Å².